The smallest absolute Gasteiger partial charge is 0.243 e. The molecular formula is C15H18N4O2S. The second-order valence-electron chi connectivity index (χ2n) is 5.63. The molecule has 0 saturated carbocycles. The van der Waals surface area contributed by atoms with Gasteiger partial charge in [-0.2, -0.15) is 0 Å². The lowest BCUT2D eigenvalue weighted by Crippen LogP contribution is -2.35. The van der Waals surface area contributed by atoms with Gasteiger partial charge in [-0.25, -0.2) is 0 Å². The molecule has 1 aliphatic heterocycles. The number of amides is 1. The van der Waals surface area contributed by atoms with E-state index >= 15 is 0 Å². The summed E-state index contributed by atoms with van der Waals surface area (Å²) in [5.74, 6) is -0.181. The number of aliphatic hydroxyl groups is 1. The Morgan fingerprint density at radius 1 is 1.32 bits per heavy atom. The molecule has 1 fully saturated rings. The van der Waals surface area contributed by atoms with Gasteiger partial charge in [0.1, 0.15) is 5.01 Å². The van der Waals surface area contributed by atoms with E-state index in [1.807, 2.05) is 26.0 Å². The predicted octanol–water partition coefficient (Wildman–Crippen LogP) is 1.48. The van der Waals surface area contributed by atoms with Crippen molar-refractivity contribution in [2.75, 3.05) is 11.9 Å². The Morgan fingerprint density at radius 2 is 2.05 bits per heavy atom. The Labute approximate surface area is 132 Å². The molecule has 2 heterocycles. The molecule has 2 atom stereocenters. The number of carbonyl (C=O) groups excluding carboxylic acids is 1. The first kappa shape index (κ1) is 15.1. The van der Waals surface area contributed by atoms with Gasteiger partial charge in [0.25, 0.3) is 0 Å². The zero-order valence-electron chi connectivity index (χ0n) is 12.5. The van der Waals surface area contributed by atoms with Crippen LogP contribution in [0.25, 0.3) is 10.6 Å². The van der Waals surface area contributed by atoms with Crippen molar-refractivity contribution < 1.29 is 9.90 Å². The first-order chi connectivity index (χ1) is 10.5. The molecule has 1 aromatic heterocycles. The monoisotopic (exact) mass is 318 g/mol. The van der Waals surface area contributed by atoms with Crippen LogP contribution in [-0.2, 0) is 4.79 Å². The maximum atomic E-state index is 12.1. The number of rotatable bonds is 3. The maximum absolute atomic E-state index is 12.1. The third kappa shape index (κ3) is 3.32. The Hall–Kier alpha value is -1.83. The van der Waals surface area contributed by atoms with Gasteiger partial charge in [-0.3, -0.25) is 10.1 Å². The van der Waals surface area contributed by atoms with E-state index in [1.54, 1.807) is 0 Å². The number of β-amino-alcohol motifs (C(OH)–C–C–N with tert-alkyl or cyclic N) is 1. The average Bonchev–Trinajstić information content (AvgIpc) is 3.06. The molecule has 0 aliphatic carbocycles. The number of hydrogen-bond acceptors (Lipinski definition) is 6. The number of nitrogens with one attached hydrogen (secondary N) is 2. The summed E-state index contributed by atoms with van der Waals surface area (Å²) in [5.41, 5.74) is 3.34. The fourth-order valence-electron chi connectivity index (χ4n) is 2.60. The fraction of sp³-hybridized carbons (Fsp3) is 0.400. The number of nitrogens with zero attached hydrogens (tertiary/aromatic N) is 2. The summed E-state index contributed by atoms with van der Waals surface area (Å²) in [6.45, 7) is 4.52. The zero-order chi connectivity index (χ0) is 15.7. The van der Waals surface area contributed by atoms with Crippen molar-refractivity contribution in [2.24, 2.45) is 0 Å². The van der Waals surface area contributed by atoms with Gasteiger partial charge in [0, 0.05) is 12.1 Å². The minimum atomic E-state index is -0.462. The SMILES string of the molecule is Cc1cc(C)cc(-c2nnc(NC(=O)C3CC(O)CN3)s2)c1. The van der Waals surface area contributed by atoms with Gasteiger partial charge in [-0.15, -0.1) is 10.2 Å². The van der Waals surface area contributed by atoms with E-state index in [0.717, 1.165) is 10.6 Å². The van der Waals surface area contributed by atoms with Crippen molar-refractivity contribution in [2.45, 2.75) is 32.4 Å². The minimum absolute atomic E-state index is 0.181. The highest BCUT2D eigenvalue weighted by Crippen LogP contribution is 2.28. The molecule has 2 aromatic rings. The minimum Gasteiger partial charge on any atom is -0.392 e. The Kier molecular flexibility index (Phi) is 4.19. The molecule has 1 amide bonds. The zero-order valence-corrected chi connectivity index (χ0v) is 13.3. The van der Waals surface area contributed by atoms with Gasteiger partial charge in [-0.1, -0.05) is 28.5 Å². The van der Waals surface area contributed by atoms with Crippen LogP contribution >= 0.6 is 11.3 Å². The average molecular weight is 318 g/mol. The van der Waals surface area contributed by atoms with Crippen LogP contribution in [0.1, 0.15) is 17.5 Å². The maximum Gasteiger partial charge on any atom is 0.243 e. The molecule has 3 rings (SSSR count). The summed E-state index contributed by atoms with van der Waals surface area (Å²) < 4.78 is 0. The van der Waals surface area contributed by atoms with Gasteiger partial charge < -0.3 is 10.4 Å². The van der Waals surface area contributed by atoms with Crippen LogP contribution in [0.3, 0.4) is 0 Å². The number of aliphatic hydroxyl groups excluding tert-OH is 1. The summed E-state index contributed by atoms with van der Waals surface area (Å²) in [6, 6.07) is 5.83. The molecule has 1 saturated heterocycles. The number of benzene rings is 1. The number of carbonyl (C=O) groups is 1. The first-order valence-corrected chi connectivity index (χ1v) is 7.97. The molecule has 116 valence electrons. The molecule has 1 aliphatic rings. The third-order valence-corrected chi connectivity index (χ3v) is 4.44. The number of anilines is 1. The molecule has 1 aromatic carbocycles. The van der Waals surface area contributed by atoms with Crippen LogP contribution in [0.5, 0.6) is 0 Å². The van der Waals surface area contributed by atoms with E-state index in [1.165, 1.54) is 22.5 Å². The van der Waals surface area contributed by atoms with Crippen molar-refractivity contribution in [1.29, 1.82) is 0 Å². The van der Waals surface area contributed by atoms with E-state index in [-0.39, 0.29) is 11.9 Å². The van der Waals surface area contributed by atoms with Crippen LogP contribution < -0.4 is 10.6 Å². The lowest BCUT2D eigenvalue weighted by atomic mass is 10.1. The second kappa shape index (κ2) is 6.12. The molecular weight excluding hydrogens is 300 g/mol. The van der Waals surface area contributed by atoms with Crippen molar-refractivity contribution in [1.82, 2.24) is 15.5 Å². The molecule has 0 spiro atoms. The summed E-state index contributed by atoms with van der Waals surface area (Å²) in [7, 11) is 0. The van der Waals surface area contributed by atoms with Crippen molar-refractivity contribution in [3.63, 3.8) is 0 Å². The highest BCUT2D eigenvalue weighted by atomic mass is 32.1. The molecule has 6 nitrogen and oxygen atoms in total. The van der Waals surface area contributed by atoms with Gasteiger partial charge in [0.05, 0.1) is 12.1 Å². The van der Waals surface area contributed by atoms with E-state index in [0.29, 0.717) is 18.1 Å². The molecule has 2 unspecified atom stereocenters. The van der Waals surface area contributed by atoms with E-state index in [9.17, 15) is 9.90 Å². The number of hydrogen-bond donors (Lipinski definition) is 3. The summed E-state index contributed by atoms with van der Waals surface area (Å²) in [4.78, 5) is 12.1. The third-order valence-electron chi connectivity index (χ3n) is 3.55. The van der Waals surface area contributed by atoms with Crippen LogP contribution in [0.2, 0.25) is 0 Å². The highest BCUT2D eigenvalue weighted by Gasteiger charge is 2.28. The standard InChI is InChI=1S/C15H18N4O2S/c1-8-3-9(2)5-10(4-8)14-18-19-15(22-14)17-13(21)12-6-11(20)7-16-12/h3-5,11-12,16,20H,6-7H2,1-2H3,(H,17,19,21). The Morgan fingerprint density at radius 3 is 2.68 bits per heavy atom. The Balaban J connectivity index is 1.72. The highest BCUT2D eigenvalue weighted by molar-refractivity contribution is 7.18. The fourth-order valence-corrected chi connectivity index (χ4v) is 3.33. The van der Waals surface area contributed by atoms with Crippen molar-refractivity contribution in [3.8, 4) is 10.6 Å². The second-order valence-corrected chi connectivity index (χ2v) is 6.61. The summed E-state index contributed by atoms with van der Waals surface area (Å²) in [6.07, 6.45) is -0.0369. The van der Waals surface area contributed by atoms with Crippen LogP contribution in [-0.4, -0.2) is 39.9 Å². The molecule has 22 heavy (non-hydrogen) atoms. The molecule has 7 heteroatoms. The van der Waals surface area contributed by atoms with E-state index in [4.69, 9.17) is 0 Å². The largest absolute Gasteiger partial charge is 0.392 e. The molecule has 0 bridgehead atoms. The van der Waals surface area contributed by atoms with Crippen molar-refractivity contribution >= 4 is 22.4 Å². The van der Waals surface area contributed by atoms with Gasteiger partial charge in [0.15, 0.2) is 0 Å². The lowest BCUT2D eigenvalue weighted by molar-refractivity contribution is -0.117. The topological polar surface area (TPSA) is 87.1 Å². The summed E-state index contributed by atoms with van der Waals surface area (Å²) in [5, 5.41) is 24.6. The van der Waals surface area contributed by atoms with E-state index in [2.05, 4.69) is 26.9 Å². The van der Waals surface area contributed by atoms with Crippen LogP contribution in [0.4, 0.5) is 5.13 Å². The molecule has 3 N–H and O–H groups in total. The van der Waals surface area contributed by atoms with Crippen LogP contribution in [0.15, 0.2) is 18.2 Å². The normalized spacial score (nSPS) is 21.0. The first-order valence-electron chi connectivity index (χ1n) is 7.16. The van der Waals surface area contributed by atoms with Gasteiger partial charge >= 0.3 is 0 Å². The van der Waals surface area contributed by atoms with Gasteiger partial charge in [0.2, 0.25) is 11.0 Å². The number of aryl methyl sites for hydroxylation is 2. The number of aromatic nitrogens is 2. The van der Waals surface area contributed by atoms with Gasteiger partial charge in [-0.05, 0) is 32.4 Å². The molecule has 0 radical (unpaired) electrons. The Bertz CT molecular complexity index is 680. The van der Waals surface area contributed by atoms with Crippen LogP contribution in [0, 0.1) is 13.8 Å². The predicted molar refractivity (Wildman–Crippen MR) is 85.9 cm³/mol. The quantitative estimate of drug-likeness (QED) is 0.798. The van der Waals surface area contributed by atoms with E-state index < -0.39 is 6.10 Å². The van der Waals surface area contributed by atoms with Crippen molar-refractivity contribution in [3.05, 3.63) is 29.3 Å². The summed E-state index contributed by atoms with van der Waals surface area (Å²) >= 11 is 1.35. The lowest BCUT2D eigenvalue weighted by Gasteiger charge is -2.07.